The van der Waals surface area contributed by atoms with E-state index in [2.05, 4.69) is 22.0 Å². The van der Waals surface area contributed by atoms with Gasteiger partial charge in [-0.1, -0.05) is 35.9 Å². The first kappa shape index (κ1) is 26.3. The number of rotatable bonds is 9. The highest BCUT2D eigenvalue weighted by atomic mass is 35.5. The lowest BCUT2D eigenvalue weighted by Crippen LogP contribution is -2.36. The van der Waals surface area contributed by atoms with Gasteiger partial charge in [-0.2, -0.15) is 0 Å². The Morgan fingerprint density at radius 3 is 2.56 bits per heavy atom. The normalized spacial score (nSPS) is 14.3. The SMILES string of the molecule is CCOc1cc(N2CCOCC2)ccc1Cc1ncc(Cl)c(Cc2ccccc2S(=O)(=O)N(C)C)n1. The zero-order valence-electron chi connectivity index (χ0n) is 20.8. The Balaban J connectivity index is 1.61. The predicted molar refractivity (Wildman–Crippen MR) is 141 cm³/mol. The highest BCUT2D eigenvalue weighted by molar-refractivity contribution is 7.89. The minimum Gasteiger partial charge on any atom is -0.494 e. The molecule has 0 N–H and O–H groups in total. The lowest BCUT2D eigenvalue weighted by atomic mass is 10.1. The van der Waals surface area contributed by atoms with E-state index in [0.29, 0.717) is 48.3 Å². The molecule has 1 aromatic heterocycles. The van der Waals surface area contributed by atoms with Crippen molar-refractivity contribution in [2.75, 3.05) is 51.9 Å². The zero-order valence-corrected chi connectivity index (χ0v) is 22.3. The summed E-state index contributed by atoms with van der Waals surface area (Å²) >= 11 is 6.44. The summed E-state index contributed by atoms with van der Waals surface area (Å²) < 4.78 is 38.3. The number of nitrogens with zero attached hydrogens (tertiary/aromatic N) is 4. The first-order valence-corrected chi connectivity index (χ1v) is 13.7. The molecule has 3 aromatic rings. The van der Waals surface area contributed by atoms with Gasteiger partial charge in [0.15, 0.2) is 0 Å². The van der Waals surface area contributed by atoms with E-state index in [1.54, 1.807) is 24.4 Å². The minimum atomic E-state index is -3.61. The summed E-state index contributed by atoms with van der Waals surface area (Å²) in [5.74, 6) is 1.38. The molecular formula is C26H31ClN4O4S. The van der Waals surface area contributed by atoms with Gasteiger partial charge in [0.05, 0.1) is 35.4 Å². The quantitative estimate of drug-likeness (QED) is 0.416. The first-order valence-electron chi connectivity index (χ1n) is 11.9. The fourth-order valence-electron chi connectivity index (χ4n) is 4.10. The molecule has 0 bridgehead atoms. The van der Waals surface area contributed by atoms with Gasteiger partial charge in [-0.25, -0.2) is 22.7 Å². The van der Waals surface area contributed by atoms with E-state index in [1.807, 2.05) is 19.1 Å². The Bertz CT molecular complexity index is 1310. The second kappa shape index (κ2) is 11.6. The van der Waals surface area contributed by atoms with Crippen LogP contribution in [0.15, 0.2) is 53.6 Å². The van der Waals surface area contributed by atoms with Gasteiger partial charge in [0.25, 0.3) is 0 Å². The van der Waals surface area contributed by atoms with Crippen LogP contribution in [0.5, 0.6) is 5.75 Å². The molecule has 0 atom stereocenters. The van der Waals surface area contributed by atoms with Gasteiger partial charge in [0, 0.05) is 63.5 Å². The van der Waals surface area contributed by atoms with Crippen molar-refractivity contribution in [1.82, 2.24) is 14.3 Å². The van der Waals surface area contributed by atoms with Crippen LogP contribution in [0.1, 0.15) is 29.6 Å². The molecule has 36 heavy (non-hydrogen) atoms. The standard InChI is InChI=1S/C26H31ClN4O4S/c1-4-35-24-17-21(31-11-13-34-14-12-31)10-9-19(24)16-26-28-18-22(27)23(29-26)15-20-7-5-6-8-25(20)36(32,33)30(2)3/h5-10,17-18H,4,11-16H2,1-3H3. The largest absolute Gasteiger partial charge is 0.494 e. The van der Waals surface area contributed by atoms with Gasteiger partial charge >= 0.3 is 0 Å². The fourth-order valence-corrected chi connectivity index (χ4v) is 5.37. The Labute approximate surface area is 217 Å². The molecule has 1 aliphatic heterocycles. The summed E-state index contributed by atoms with van der Waals surface area (Å²) in [6.07, 6.45) is 2.30. The highest BCUT2D eigenvalue weighted by Crippen LogP contribution is 2.29. The topological polar surface area (TPSA) is 84.9 Å². The van der Waals surface area contributed by atoms with Crippen molar-refractivity contribution in [2.24, 2.45) is 0 Å². The number of halogens is 1. The number of benzene rings is 2. The average molecular weight is 531 g/mol. The van der Waals surface area contributed by atoms with Gasteiger partial charge < -0.3 is 14.4 Å². The molecule has 8 nitrogen and oxygen atoms in total. The smallest absolute Gasteiger partial charge is 0.242 e. The summed E-state index contributed by atoms with van der Waals surface area (Å²) in [5, 5.41) is 0.392. The van der Waals surface area contributed by atoms with Crippen molar-refractivity contribution in [2.45, 2.75) is 24.7 Å². The van der Waals surface area contributed by atoms with E-state index in [0.717, 1.165) is 30.1 Å². The number of hydrogen-bond donors (Lipinski definition) is 0. The molecule has 1 fully saturated rings. The summed E-state index contributed by atoms with van der Waals surface area (Å²) in [5.41, 5.74) is 3.27. The second-order valence-electron chi connectivity index (χ2n) is 8.65. The minimum absolute atomic E-state index is 0.239. The third-order valence-corrected chi connectivity index (χ3v) is 8.26. The Kier molecular flexibility index (Phi) is 8.46. The number of anilines is 1. The van der Waals surface area contributed by atoms with Crippen molar-refractivity contribution < 1.29 is 17.9 Å². The van der Waals surface area contributed by atoms with Gasteiger partial charge in [0.1, 0.15) is 11.6 Å². The lowest BCUT2D eigenvalue weighted by Gasteiger charge is -2.29. The van der Waals surface area contributed by atoms with Crippen LogP contribution in [0, 0.1) is 0 Å². The van der Waals surface area contributed by atoms with Crippen LogP contribution in [0.25, 0.3) is 0 Å². The summed E-state index contributed by atoms with van der Waals surface area (Å²) in [4.78, 5) is 11.7. The first-order chi connectivity index (χ1) is 17.3. The molecule has 4 rings (SSSR count). The Morgan fingerprint density at radius 2 is 1.83 bits per heavy atom. The molecule has 1 aliphatic rings. The molecule has 2 heterocycles. The van der Waals surface area contributed by atoms with Crippen molar-refractivity contribution in [3.63, 3.8) is 0 Å². The van der Waals surface area contributed by atoms with E-state index in [-0.39, 0.29) is 11.3 Å². The maximum absolute atomic E-state index is 12.8. The summed E-state index contributed by atoms with van der Waals surface area (Å²) in [7, 11) is -0.574. The van der Waals surface area contributed by atoms with Crippen molar-refractivity contribution in [3.8, 4) is 5.75 Å². The van der Waals surface area contributed by atoms with Gasteiger partial charge in [0.2, 0.25) is 10.0 Å². The summed E-state index contributed by atoms with van der Waals surface area (Å²) in [6.45, 7) is 5.63. The maximum Gasteiger partial charge on any atom is 0.242 e. The number of morpholine rings is 1. The fraction of sp³-hybridized carbons (Fsp3) is 0.385. The van der Waals surface area contributed by atoms with Crippen LogP contribution in [-0.2, 0) is 27.6 Å². The number of hydrogen-bond acceptors (Lipinski definition) is 7. The molecule has 0 spiro atoms. The van der Waals surface area contributed by atoms with Gasteiger partial charge in [-0.3, -0.25) is 0 Å². The molecule has 0 saturated carbocycles. The van der Waals surface area contributed by atoms with Crippen molar-refractivity contribution in [3.05, 3.63) is 76.3 Å². The molecule has 0 aliphatic carbocycles. The molecule has 2 aromatic carbocycles. The van der Waals surface area contributed by atoms with E-state index in [1.165, 1.54) is 18.4 Å². The molecule has 1 saturated heterocycles. The molecular weight excluding hydrogens is 500 g/mol. The molecule has 192 valence electrons. The van der Waals surface area contributed by atoms with Gasteiger partial charge in [-0.15, -0.1) is 0 Å². The van der Waals surface area contributed by atoms with Crippen LogP contribution in [0.3, 0.4) is 0 Å². The average Bonchev–Trinajstić information content (AvgIpc) is 2.88. The van der Waals surface area contributed by atoms with E-state index < -0.39 is 10.0 Å². The second-order valence-corrected chi connectivity index (χ2v) is 11.2. The van der Waals surface area contributed by atoms with Crippen molar-refractivity contribution in [1.29, 1.82) is 0 Å². The Morgan fingerprint density at radius 1 is 1.08 bits per heavy atom. The molecule has 10 heteroatoms. The van der Waals surface area contributed by atoms with Crippen LogP contribution in [0.4, 0.5) is 5.69 Å². The van der Waals surface area contributed by atoms with E-state index >= 15 is 0 Å². The number of sulfonamides is 1. The molecule has 0 unspecified atom stereocenters. The monoisotopic (exact) mass is 530 g/mol. The van der Waals surface area contributed by atoms with E-state index in [4.69, 9.17) is 26.1 Å². The third-order valence-electron chi connectivity index (χ3n) is 6.03. The number of aromatic nitrogens is 2. The number of ether oxygens (including phenoxy) is 2. The molecule has 0 radical (unpaired) electrons. The predicted octanol–water partition coefficient (Wildman–Crippen LogP) is 3.80. The lowest BCUT2D eigenvalue weighted by molar-refractivity contribution is 0.122. The highest BCUT2D eigenvalue weighted by Gasteiger charge is 2.22. The Hall–Kier alpha value is -2.72. The van der Waals surface area contributed by atoms with Crippen LogP contribution in [-0.4, -0.2) is 69.7 Å². The van der Waals surface area contributed by atoms with Crippen LogP contribution >= 0.6 is 11.6 Å². The molecule has 0 amide bonds. The maximum atomic E-state index is 12.8. The third kappa shape index (κ3) is 5.98. The van der Waals surface area contributed by atoms with E-state index in [9.17, 15) is 8.42 Å². The van der Waals surface area contributed by atoms with Crippen LogP contribution < -0.4 is 9.64 Å². The van der Waals surface area contributed by atoms with Crippen LogP contribution in [0.2, 0.25) is 5.02 Å². The zero-order chi connectivity index (χ0) is 25.7. The summed E-state index contributed by atoms with van der Waals surface area (Å²) in [6, 6.07) is 13.1. The van der Waals surface area contributed by atoms with Crippen molar-refractivity contribution >= 4 is 27.3 Å². The van der Waals surface area contributed by atoms with Gasteiger partial charge in [-0.05, 0) is 24.6 Å².